The summed E-state index contributed by atoms with van der Waals surface area (Å²) in [7, 11) is 0. The van der Waals surface area contributed by atoms with Crippen LogP contribution in [0.1, 0.15) is 71.1 Å². The van der Waals surface area contributed by atoms with Crippen molar-refractivity contribution in [3.8, 4) is 0 Å². The van der Waals surface area contributed by atoms with Crippen LogP contribution in [0.2, 0.25) is 0 Å². The van der Waals surface area contributed by atoms with E-state index in [4.69, 9.17) is 20.1 Å². The van der Waals surface area contributed by atoms with Gasteiger partial charge in [-0.25, -0.2) is 0 Å². The maximum Gasteiger partial charge on any atom is 0.309 e. The molecule has 0 aromatic rings. The predicted octanol–water partition coefficient (Wildman–Crippen LogP) is 2.75. The molecule has 1 aliphatic rings. The van der Waals surface area contributed by atoms with Crippen molar-refractivity contribution in [3.63, 3.8) is 0 Å². The number of unbranched alkanes of at least 4 members (excludes halogenated alkanes) is 5. The van der Waals surface area contributed by atoms with Crippen LogP contribution in [0.15, 0.2) is 0 Å². The van der Waals surface area contributed by atoms with Gasteiger partial charge in [-0.3, -0.25) is 9.59 Å². The molecule has 2 unspecified atom stereocenters. The summed E-state index contributed by atoms with van der Waals surface area (Å²) < 4.78 is 5.27. The second kappa shape index (κ2) is 15.4. The number of carboxylic acids is 1. The minimum absolute atomic E-state index is 0.125. The lowest BCUT2D eigenvalue weighted by Gasteiger charge is -2.26. The van der Waals surface area contributed by atoms with Crippen molar-refractivity contribution in [2.75, 3.05) is 19.8 Å². The lowest BCUT2D eigenvalue weighted by atomic mass is 9.79. The normalized spacial score (nSPS) is 20.0. The molecule has 1 fully saturated rings. The third-order valence-corrected chi connectivity index (χ3v) is 4.23. The summed E-state index contributed by atoms with van der Waals surface area (Å²) in [5.41, 5.74) is 0. The van der Waals surface area contributed by atoms with Crippen LogP contribution in [0.4, 0.5) is 0 Å². The molecule has 1 rings (SSSR count). The van der Waals surface area contributed by atoms with Gasteiger partial charge in [0.2, 0.25) is 0 Å². The van der Waals surface area contributed by atoms with Crippen LogP contribution < -0.4 is 0 Å². The predicted molar refractivity (Wildman–Crippen MR) is 91.6 cm³/mol. The van der Waals surface area contributed by atoms with E-state index in [0.29, 0.717) is 19.4 Å². The second-order valence-electron chi connectivity index (χ2n) is 6.22. The first kappa shape index (κ1) is 22.9. The molecular formula is C18H34O6. The molecule has 1 saturated carbocycles. The van der Waals surface area contributed by atoms with Gasteiger partial charge in [-0.05, 0) is 19.3 Å². The Bertz CT molecular complexity index is 329. The molecule has 3 N–H and O–H groups in total. The van der Waals surface area contributed by atoms with Gasteiger partial charge in [0.05, 0.1) is 31.7 Å². The summed E-state index contributed by atoms with van der Waals surface area (Å²) in [4.78, 5) is 23.1. The molecule has 142 valence electrons. The fourth-order valence-corrected chi connectivity index (χ4v) is 2.87. The van der Waals surface area contributed by atoms with Crippen molar-refractivity contribution in [2.45, 2.75) is 71.1 Å². The number of esters is 1. The average Bonchev–Trinajstić information content (AvgIpc) is 2.61. The molecule has 0 saturated heterocycles. The number of carboxylic acid groups (broad SMARTS) is 1. The summed E-state index contributed by atoms with van der Waals surface area (Å²) >= 11 is 0. The van der Waals surface area contributed by atoms with Crippen molar-refractivity contribution < 1.29 is 29.6 Å². The molecule has 24 heavy (non-hydrogen) atoms. The van der Waals surface area contributed by atoms with Crippen molar-refractivity contribution in [2.24, 2.45) is 11.8 Å². The van der Waals surface area contributed by atoms with Crippen molar-refractivity contribution >= 4 is 11.9 Å². The van der Waals surface area contributed by atoms with E-state index in [-0.39, 0.29) is 19.2 Å². The topological polar surface area (TPSA) is 104 Å². The monoisotopic (exact) mass is 346 g/mol. The van der Waals surface area contributed by atoms with Gasteiger partial charge in [-0.15, -0.1) is 0 Å². The number of ether oxygens (including phenoxy) is 1. The Hall–Kier alpha value is -1.14. The molecule has 0 bridgehead atoms. The molecular weight excluding hydrogens is 312 g/mol. The molecule has 0 radical (unpaired) electrons. The smallest absolute Gasteiger partial charge is 0.309 e. The number of hydrogen-bond donors (Lipinski definition) is 3. The Morgan fingerprint density at radius 2 is 1.46 bits per heavy atom. The quantitative estimate of drug-likeness (QED) is 0.415. The highest BCUT2D eigenvalue weighted by molar-refractivity contribution is 5.81. The van der Waals surface area contributed by atoms with Crippen LogP contribution in [0.3, 0.4) is 0 Å². The number of aliphatic hydroxyl groups excluding tert-OH is 2. The number of aliphatic hydroxyl groups is 2. The van der Waals surface area contributed by atoms with E-state index in [1.165, 1.54) is 25.7 Å². The third kappa shape index (κ3) is 10.6. The number of rotatable bonds is 10. The van der Waals surface area contributed by atoms with Gasteiger partial charge in [-0.2, -0.15) is 0 Å². The number of carbonyl (C=O) groups excluding carboxylic acids is 1. The van der Waals surface area contributed by atoms with Gasteiger partial charge in [0.1, 0.15) is 0 Å². The highest BCUT2D eigenvalue weighted by Gasteiger charge is 2.36. The SMILES string of the molecule is CCCCCCCCOC(=O)C1CCCCC1C(=O)O.OCCO. The molecule has 6 heteroatoms. The maximum absolute atomic E-state index is 12.0. The molecule has 6 nitrogen and oxygen atoms in total. The van der Waals surface area contributed by atoms with Crippen LogP contribution in [0.5, 0.6) is 0 Å². The largest absolute Gasteiger partial charge is 0.481 e. The van der Waals surface area contributed by atoms with Crippen LogP contribution in [-0.4, -0.2) is 47.1 Å². The first-order chi connectivity index (χ1) is 11.6. The summed E-state index contributed by atoms with van der Waals surface area (Å²) in [6.45, 7) is 2.37. The third-order valence-electron chi connectivity index (χ3n) is 4.23. The van der Waals surface area contributed by atoms with Crippen molar-refractivity contribution in [1.82, 2.24) is 0 Å². The average molecular weight is 346 g/mol. The zero-order valence-electron chi connectivity index (χ0n) is 14.9. The summed E-state index contributed by atoms with van der Waals surface area (Å²) in [6, 6.07) is 0. The second-order valence-corrected chi connectivity index (χ2v) is 6.22. The molecule has 0 aromatic carbocycles. The fourth-order valence-electron chi connectivity index (χ4n) is 2.87. The lowest BCUT2D eigenvalue weighted by molar-refractivity contribution is -0.159. The van der Waals surface area contributed by atoms with E-state index in [1.807, 2.05) is 0 Å². The molecule has 0 spiro atoms. The number of aliphatic carboxylic acids is 1. The minimum atomic E-state index is -0.855. The zero-order valence-corrected chi connectivity index (χ0v) is 14.9. The Labute approximate surface area is 145 Å². The van der Waals surface area contributed by atoms with Crippen LogP contribution in [-0.2, 0) is 14.3 Å². The standard InChI is InChI=1S/C16H28O4.C2H6O2/c1-2-3-4-5-6-9-12-20-16(19)14-11-8-7-10-13(14)15(17)18;3-1-2-4/h13-14H,2-12H2,1H3,(H,17,18);3-4H,1-2H2. The lowest BCUT2D eigenvalue weighted by Crippen LogP contribution is -2.33. The van der Waals surface area contributed by atoms with Gasteiger partial charge in [0.25, 0.3) is 0 Å². The van der Waals surface area contributed by atoms with Crippen molar-refractivity contribution in [3.05, 3.63) is 0 Å². The molecule has 0 aromatic heterocycles. The molecule has 0 amide bonds. The molecule has 2 atom stereocenters. The summed E-state index contributed by atoms with van der Waals surface area (Å²) in [5.74, 6) is -2.13. The first-order valence-electron chi connectivity index (χ1n) is 9.19. The van der Waals surface area contributed by atoms with E-state index in [9.17, 15) is 9.59 Å². The minimum Gasteiger partial charge on any atom is -0.481 e. The van der Waals surface area contributed by atoms with E-state index in [0.717, 1.165) is 25.7 Å². The first-order valence-corrected chi connectivity index (χ1v) is 9.19. The van der Waals surface area contributed by atoms with Crippen LogP contribution in [0, 0.1) is 11.8 Å². The van der Waals surface area contributed by atoms with Crippen LogP contribution >= 0.6 is 0 Å². The van der Waals surface area contributed by atoms with Gasteiger partial charge < -0.3 is 20.1 Å². The highest BCUT2D eigenvalue weighted by Crippen LogP contribution is 2.31. The fraction of sp³-hybridized carbons (Fsp3) is 0.889. The zero-order chi connectivity index (χ0) is 18.2. The van der Waals surface area contributed by atoms with Crippen molar-refractivity contribution in [1.29, 1.82) is 0 Å². The summed E-state index contributed by atoms with van der Waals surface area (Å²) in [6.07, 6.45) is 9.99. The van der Waals surface area contributed by atoms with Crippen LogP contribution in [0.25, 0.3) is 0 Å². The van der Waals surface area contributed by atoms with E-state index < -0.39 is 17.8 Å². The Morgan fingerprint density at radius 1 is 0.917 bits per heavy atom. The van der Waals surface area contributed by atoms with Gasteiger partial charge >= 0.3 is 11.9 Å². The number of carbonyl (C=O) groups is 2. The number of hydrogen-bond acceptors (Lipinski definition) is 5. The van der Waals surface area contributed by atoms with Gasteiger partial charge in [0.15, 0.2) is 0 Å². The van der Waals surface area contributed by atoms with E-state index in [1.54, 1.807) is 0 Å². The molecule has 1 aliphatic carbocycles. The van der Waals surface area contributed by atoms with E-state index >= 15 is 0 Å². The Kier molecular flexibility index (Phi) is 14.7. The molecule has 0 heterocycles. The summed E-state index contributed by atoms with van der Waals surface area (Å²) in [5, 5.41) is 24.4. The van der Waals surface area contributed by atoms with E-state index in [2.05, 4.69) is 6.92 Å². The highest BCUT2D eigenvalue weighted by atomic mass is 16.5. The molecule has 0 aliphatic heterocycles. The maximum atomic E-state index is 12.0. The van der Waals surface area contributed by atoms with Gasteiger partial charge in [0, 0.05) is 0 Å². The van der Waals surface area contributed by atoms with Gasteiger partial charge in [-0.1, -0.05) is 51.9 Å². The Balaban J connectivity index is 0.00000118. The Morgan fingerprint density at radius 3 is 2.00 bits per heavy atom.